The van der Waals surface area contributed by atoms with Gasteiger partial charge in [0.1, 0.15) is 11.4 Å². The molecule has 9 heteroatoms. The molecule has 0 bridgehead atoms. The highest BCUT2D eigenvalue weighted by molar-refractivity contribution is 6.00. The second-order valence-corrected chi connectivity index (χ2v) is 7.49. The average Bonchev–Trinajstić information content (AvgIpc) is 3.36. The zero-order valence-corrected chi connectivity index (χ0v) is 16.4. The largest absolute Gasteiger partial charge is 0.477 e. The third kappa shape index (κ3) is 3.31. The van der Waals surface area contributed by atoms with Crippen molar-refractivity contribution in [3.63, 3.8) is 0 Å². The molecule has 7 nitrogen and oxygen atoms in total. The van der Waals surface area contributed by atoms with Gasteiger partial charge < -0.3 is 25.6 Å². The molecule has 2 aromatic rings. The normalized spacial score (nSPS) is 19.1. The number of rotatable bonds is 5. The number of carboxylic acid groups (broad SMARTS) is 1. The number of halogens is 2. The molecule has 1 saturated heterocycles. The monoisotopic (exact) mass is 410 g/mol. The lowest BCUT2D eigenvalue weighted by molar-refractivity contribution is 0.0695. The van der Waals surface area contributed by atoms with Crippen molar-refractivity contribution in [1.82, 2.24) is 9.88 Å². The molecule has 28 heavy (non-hydrogen) atoms. The molecule has 4 rings (SSSR count). The molecule has 4 N–H and O–H groups in total. The molecular formula is C19H24ClFN4O3. The number of nitrogens with zero attached hydrogens (tertiary/aromatic N) is 2. The number of hydrogen-bond donors (Lipinski definition) is 3. The molecule has 1 aliphatic carbocycles. The van der Waals surface area contributed by atoms with Gasteiger partial charge in [-0.1, -0.05) is 0 Å². The number of nitrogens with one attached hydrogen (secondary N) is 1. The number of carbonyl (C=O) groups is 1. The van der Waals surface area contributed by atoms with E-state index >= 15 is 0 Å². The summed E-state index contributed by atoms with van der Waals surface area (Å²) in [6.07, 6.45) is 4.07. The first kappa shape index (κ1) is 20.4. The molecule has 1 unspecified atom stereocenters. The molecule has 1 atom stereocenters. The fraction of sp³-hybridized carbons (Fsp3) is 0.474. The van der Waals surface area contributed by atoms with Crippen molar-refractivity contribution >= 4 is 40.7 Å². The summed E-state index contributed by atoms with van der Waals surface area (Å²) >= 11 is 0. The van der Waals surface area contributed by atoms with Gasteiger partial charge >= 0.3 is 5.97 Å². The molecule has 0 spiro atoms. The summed E-state index contributed by atoms with van der Waals surface area (Å²) in [5.74, 6) is -1.48. The van der Waals surface area contributed by atoms with Gasteiger partial charge in [0.05, 0.1) is 22.3 Å². The maximum atomic E-state index is 15.0. The first-order valence-electron chi connectivity index (χ1n) is 9.22. The van der Waals surface area contributed by atoms with E-state index in [9.17, 15) is 19.1 Å². The van der Waals surface area contributed by atoms with Crippen LogP contribution in [0.15, 0.2) is 17.1 Å². The van der Waals surface area contributed by atoms with Crippen LogP contribution in [0, 0.1) is 11.7 Å². The van der Waals surface area contributed by atoms with Gasteiger partial charge in [0.25, 0.3) is 0 Å². The lowest BCUT2D eigenvalue weighted by Gasteiger charge is -2.24. The molecule has 1 saturated carbocycles. The summed E-state index contributed by atoms with van der Waals surface area (Å²) in [5, 5.41) is 12.5. The van der Waals surface area contributed by atoms with E-state index in [0.29, 0.717) is 30.2 Å². The molecule has 1 aromatic carbocycles. The van der Waals surface area contributed by atoms with Crippen LogP contribution in [-0.4, -0.2) is 42.3 Å². The number of hydrogen-bond acceptors (Lipinski definition) is 5. The van der Waals surface area contributed by atoms with Crippen LogP contribution in [0.3, 0.4) is 0 Å². The van der Waals surface area contributed by atoms with Crippen molar-refractivity contribution in [2.24, 2.45) is 5.92 Å². The van der Waals surface area contributed by atoms with Crippen molar-refractivity contribution in [3.8, 4) is 0 Å². The maximum absolute atomic E-state index is 15.0. The van der Waals surface area contributed by atoms with E-state index in [1.54, 1.807) is 4.57 Å². The number of anilines is 2. The van der Waals surface area contributed by atoms with E-state index in [-0.39, 0.29) is 35.1 Å². The number of aromatic carboxylic acids is 1. The lowest BCUT2D eigenvalue weighted by Crippen LogP contribution is -2.26. The zero-order chi connectivity index (χ0) is 19.3. The van der Waals surface area contributed by atoms with Crippen molar-refractivity contribution in [2.75, 3.05) is 37.3 Å². The van der Waals surface area contributed by atoms with Crippen LogP contribution in [0.2, 0.25) is 0 Å². The number of fused-ring (bicyclic) bond motifs is 1. The number of benzene rings is 1. The molecule has 0 radical (unpaired) electrons. The maximum Gasteiger partial charge on any atom is 0.341 e. The highest BCUT2D eigenvalue weighted by atomic mass is 35.5. The molecule has 2 fully saturated rings. The minimum Gasteiger partial charge on any atom is -0.477 e. The predicted octanol–water partition coefficient (Wildman–Crippen LogP) is 2.22. The van der Waals surface area contributed by atoms with E-state index in [1.165, 1.54) is 6.20 Å². The van der Waals surface area contributed by atoms with E-state index in [4.69, 9.17) is 5.73 Å². The highest BCUT2D eigenvalue weighted by Gasteiger charge is 2.31. The summed E-state index contributed by atoms with van der Waals surface area (Å²) < 4.78 is 16.7. The summed E-state index contributed by atoms with van der Waals surface area (Å²) in [5.41, 5.74) is 6.31. The zero-order valence-electron chi connectivity index (χ0n) is 15.6. The number of nitrogen functional groups attached to an aromatic ring is 1. The van der Waals surface area contributed by atoms with Crippen molar-refractivity contribution in [1.29, 1.82) is 0 Å². The van der Waals surface area contributed by atoms with Crippen molar-refractivity contribution < 1.29 is 14.3 Å². The second kappa shape index (κ2) is 7.60. The molecule has 2 aliphatic rings. The van der Waals surface area contributed by atoms with Crippen LogP contribution in [0.25, 0.3) is 10.9 Å². The summed E-state index contributed by atoms with van der Waals surface area (Å²) in [6, 6.07) is 1.25. The van der Waals surface area contributed by atoms with Gasteiger partial charge in [-0.15, -0.1) is 12.4 Å². The Hall–Kier alpha value is -2.32. The Labute approximate surface area is 167 Å². The Bertz CT molecular complexity index is 990. The van der Waals surface area contributed by atoms with E-state index < -0.39 is 17.2 Å². The van der Waals surface area contributed by atoms with Gasteiger partial charge in [0.2, 0.25) is 5.43 Å². The smallest absolute Gasteiger partial charge is 0.341 e. The fourth-order valence-electron chi connectivity index (χ4n) is 4.11. The van der Waals surface area contributed by atoms with Crippen LogP contribution in [-0.2, 0) is 0 Å². The Kier molecular flexibility index (Phi) is 5.54. The SMILES string of the molecule is CNCC1CCN(c2c(F)cc3c(=O)c(C(=O)O)cn(C4CC4)c3c2N)C1.Cl. The van der Waals surface area contributed by atoms with Gasteiger partial charge in [-0.05, 0) is 44.8 Å². The Morgan fingerprint density at radius 2 is 2.11 bits per heavy atom. The second-order valence-electron chi connectivity index (χ2n) is 7.49. The van der Waals surface area contributed by atoms with Gasteiger partial charge in [0.15, 0.2) is 0 Å². The van der Waals surface area contributed by atoms with Gasteiger partial charge in [0, 0.05) is 25.3 Å². The van der Waals surface area contributed by atoms with Crippen molar-refractivity contribution in [2.45, 2.75) is 25.3 Å². The fourth-order valence-corrected chi connectivity index (χ4v) is 4.11. The topological polar surface area (TPSA) is 101 Å². The Morgan fingerprint density at radius 1 is 1.39 bits per heavy atom. The molecule has 1 aliphatic heterocycles. The highest BCUT2D eigenvalue weighted by Crippen LogP contribution is 2.42. The lowest BCUT2D eigenvalue weighted by atomic mass is 10.1. The van der Waals surface area contributed by atoms with Crippen LogP contribution in [0.1, 0.15) is 35.7 Å². The number of carboxylic acids is 1. The minimum absolute atomic E-state index is 0. The van der Waals surface area contributed by atoms with Gasteiger partial charge in [-0.25, -0.2) is 9.18 Å². The summed E-state index contributed by atoms with van der Waals surface area (Å²) in [7, 11) is 1.89. The van der Waals surface area contributed by atoms with E-state index in [2.05, 4.69) is 5.32 Å². The van der Waals surface area contributed by atoms with Crippen LogP contribution in [0.5, 0.6) is 0 Å². The Balaban J connectivity index is 0.00000225. The third-order valence-electron chi connectivity index (χ3n) is 5.54. The number of pyridine rings is 1. The molecule has 2 heterocycles. The summed E-state index contributed by atoms with van der Waals surface area (Å²) in [4.78, 5) is 26.0. The molecular weight excluding hydrogens is 387 g/mol. The standard InChI is InChI=1S/C19H23FN4O3.ClH/c1-22-7-10-4-5-23(8-10)17-14(20)6-12-16(15(17)21)24(11-2-3-11)9-13(18(12)25)19(26)27;/h6,9-11,22H,2-5,7-8,21H2,1H3,(H,26,27);1H. The first-order valence-corrected chi connectivity index (χ1v) is 9.22. The van der Waals surface area contributed by atoms with Gasteiger partial charge in [-0.3, -0.25) is 4.79 Å². The van der Waals surface area contributed by atoms with Crippen LogP contribution < -0.4 is 21.4 Å². The first-order chi connectivity index (χ1) is 12.9. The summed E-state index contributed by atoms with van der Waals surface area (Å²) in [6.45, 7) is 2.23. The van der Waals surface area contributed by atoms with Crippen molar-refractivity contribution in [3.05, 3.63) is 33.9 Å². The van der Waals surface area contributed by atoms with E-state index in [0.717, 1.165) is 31.9 Å². The third-order valence-corrected chi connectivity index (χ3v) is 5.54. The average molecular weight is 411 g/mol. The van der Waals surface area contributed by atoms with Crippen LogP contribution in [0.4, 0.5) is 15.8 Å². The molecule has 0 amide bonds. The molecule has 1 aromatic heterocycles. The molecule has 152 valence electrons. The van der Waals surface area contributed by atoms with Crippen LogP contribution >= 0.6 is 12.4 Å². The predicted molar refractivity (Wildman–Crippen MR) is 109 cm³/mol. The van der Waals surface area contributed by atoms with E-state index in [1.807, 2.05) is 11.9 Å². The Morgan fingerprint density at radius 3 is 2.71 bits per heavy atom. The minimum atomic E-state index is -1.31. The van der Waals surface area contributed by atoms with Gasteiger partial charge in [-0.2, -0.15) is 0 Å². The quantitative estimate of drug-likeness (QED) is 0.653. The number of aromatic nitrogens is 1. The number of nitrogens with two attached hydrogens (primary N) is 1.